The van der Waals surface area contributed by atoms with Gasteiger partial charge >= 0.3 is 0 Å². The highest BCUT2D eigenvalue weighted by atomic mass is 32.1. The maximum absolute atomic E-state index is 7.93. The van der Waals surface area contributed by atoms with Crippen LogP contribution < -0.4 is 15.5 Å². The zero-order valence-electron chi connectivity index (χ0n) is 12.7. The number of hydrogen-bond donors (Lipinski definition) is 3. The van der Waals surface area contributed by atoms with E-state index in [0.29, 0.717) is 19.0 Å². The molecule has 0 saturated carbocycles. The average Bonchev–Trinajstić information content (AvgIpc) is 2.97. The highest BCUT2D eigenvalue weighted by molar-refractivity contribution is 7.07. The molecule has 0 radical (unpaired) electrons. The number of nitrogens with one attached hydrogen (secondary N) is 3. The van der Waals surface area contributed by atoms with Crippen LogP contribution in [0.2, 0.25) is 0 Å². The van der Waals surface area contributed by atoms with Gasteiger partial charge in [0.2, 0.25) is 0 Å². The second kappa shape index (κ2) is 7.13. The molecule has 21 heavy (non-hydrogen) atoms. The number of thiophene rings is 1. The third-order valence-electron chi connectivity index (χ3n) is 3.23. The molecule has 0 fully saturated rings. The zero-order valence-corrected chi connectivity index (χ0v) is 13.6. The summed E-state index contributed by atoms with van der Waals surface area (Å²) >= 11 is 1.67. The van der Waals surface area contributed by atoms with E-state index in [0.717, 1.165) is 0 Å². The topological polar surface area (TPSA) is 51.2 Å². The summed E-state index contributed by atoms with van der Waals surface area (Å²) in [6.07, 6.45) is 0. The van der Waals surface area contributed by atoms with E-state index in [1.165, 1.54) is 22.4 Å². The van der Waals surface area contributed by atoms with Gasteiger partial charge in [-0.3, -0.25) is 5.41 Å². The minimum Gasteiger partial charge on any atom is -0.377 e. The molecule has 2 aromatic rings. The Morgan fingerprint density at radius 3 is 2.62 bits per heavy atom. The molecule has 5 heteroatoms. The standard InChI is InChI=1S/C16H22N4S/c1-12-4-5-14(15(8-12)20(2)3)10-19-16(17)18-9-13-6-7-21-11-13/h4-8,11H,9-10H2,1-3H3,(H3,17,18,19). The second-order valence-corrected chi connectivity index (χ2v) is 6.02. The lowest BCUT2D eigenvalue weighted by Gasteiger charge is -2.19. The van der Waals surface area contributed by atoms with Gasteiger partial charge in [0, 0.05) is 32.9 Å². The van der Waals surface area contributed by atoms with Gasteiger partial charge in [-0.1, -0.05) is 12.1 Å². The molecule has 0 amide bonds. The molecule has 0 aliphatic rings. The van der Waals surface area contributed by atoms with Crippen molar-refractivity contribution in [2.75, 3.05) is 19.0 Å². The van der Waals surface area contributed by atoms with Gasteiger partial charge in [0.25, 0.3) is 0 Å². The highest BCUT2D eigenvalue weighted by Gasteiger charge is 2.05. The Bertz CT molecular complexity index is 590. The Morgan fingerprint density at radius 1 is 1.19 bits per heavy atom. The van der Waals surface area contributed by atoms with Crippen LogP contribution in [0.1, 0.15) is 16.7 Å². The minimum absolute atomic E-state index is 0.353. The molecule has 4 nitrogen and oxygen atoms in total. The Labute approximate surface area is 130 Å². The molecular weight excluding hydrogens is 280 g/mol. The lowest BCUT2D eigenvalue weighted by atomic mass is 10.1. The van der Waals surface area contributed by atoms with Gasteiger partial charge < -0.3 is 15.5 Å². The number of aryl methyl sites for hydroxylation is 1. The summed E-state index contributed by atoms with van der Waals surface area (Å²) in [5.41, 5.74) is 4.82. The van der Waals surface area contributed by atoms with E-state index < -0.39 is 0 Å². The van der Waals surface area contributed by atoms with Crippen LogP contribution in [-0.2, 0) is 13.1 Å². The van der Waals surface area contributed by atoms with Gasteiger partial charge in [-0.2, -0.15) is 11.3 Å². The number of anilines is 1. The molecule has 1 aromatic heterocycles. The summed E-state index contributed by atoms with van der Waals surface area (Å²) in [4.78, 5) is 2.10. The van der Waals surface area contributed by atoms with Crippen LogP contribution in [0.3, 0.4) is 0 Å². The summed E-state index contributed by atoms with van der Waals surface area (Å²) in [6.45, 7) is 3.42. The molecule has 0 atom stereocenters. The third kappa shape index (κ3) is 4.49. The van der Waals surface area contributed by atoms with Crippen LogP contribution in [0, 0.1) is 12.3 Å². The van der Waals surface area contributed by atoms with Crippen molar-refractivity contribution in [1.82, 2.24) is 10.6 Å². The monoisotopic (exact) mass is 302 g/mol. The lowest BCUT2D eigenvalue weighted by molar-refractivity contribution is 0.803. The van der Waals surface area contributed by atoms with Crippen molar-refractivity contribution in [3.8, 4) is 0 Å². The van der Waals surface area contributed by atoms with E-state index in [1.807, 2.05) is 19.5 Å². The van der Waals surface area contributed by atoms with Crippen molar-refractivity contribution in [2.24, 2.45) is 0 Å². The van der Waals surface area contributed by atoms with Crippen LogP contribution in [-0.4, -0.2) is 20.1 Å². The SMILES string of the molecule is Cc1ccc(CNC(=N)NCc2ccsc2)c(N(C)C)c1. The third-order valence-corrected chi connectivity index (χ3v) is 3.96. The molecule has 0 aliphatic carbocycles. The van der Waals surface area contributed by atoms with Crippen LogP contribution in [0.5, 0.6) is 0 Å². The number of nitrogens with zero attached hydrogens (tertiary/aromatic N) is 1. The van der Waals surface area contributed by atoms with E-state index in [-0.39, 0.29) is 0 Å². The Kier molecular flexibility index (Phi) is 5.22. The highest BCUT2D eigenvalue weighted by Crippen LogP contribution is 2.20. The molecule has 3 N–H and O–H groups in total. The Morgan fingerprint density at radius 2 is 1.95 bits per heavy atom. The first kappa shape index (κ1) is 15.4. The van der Waals surface area contributed by atoms with Crippen molar-refractivity contribution in [3.05, 3.63) is 51.7 Å². The first-order chi connectivity index (χ1) is 10.1. The van der Waals surface area contributed by atoms with Crippen LogP contribution >= 0.6 is 11.3 Å². The summed E-state index contributed by atoms with van der Waals surface area (Å²) in [5, 5.41) is 18.3. The predicted octanol–water partition coefficient (Wildman–Crippen LogP) is 2.94. The fraction of sp³-hybridized carbons (Fsp3) is 0.312. The van der Waals surface area contributed by atoms with Crippen molar-refractivity contribution in [2.45, 2.75) is 20.0 Å². The first-order valence-corrected chi connectivity index (χ1v) is 7.85. The van der Waals surface area contributed by atoms with Gasteiger partial charge in [0.1, 0.15) is 0 Å². The Balaban J connectivity index is 1.89. The van der Waals surface area contributed by atoms with E-state index in [4.69, 9.17) is 5.41 Å². The van der Waals surface area contributed by atoms with Crippen LogP contribution in [0.25, 0.3) is 0 Å². The zero-order chi connectivity index (χ0) is 15.2. The second-order valence-electron chi connectivity index (χ2n) is 5.24. The first-order valence-electron chi connectivity index (χ1n) is 6.90. The van der Waals surface area contributed by atoms with Gasteiger partial charge in [0.15, 0.2) is 5.96 Å². The largest absolute Gasteiger partial charge is 0.377 e. The molecule has 1 heterocycles. The smallest absolute Gasteiger partial charge is 0.188 e. The fourth-order valence-electron chi connectivity index (χ4n) is 2.07. The molecule has 1 aromatic carbocycles. The van der Waals surface area contributed by atoms with Crippen molar-refractivity contribution in [3.63, 3.8) is 0 Å². The number of hydrogen-bond acceptors (Lipinski definition) is 3. The van der Waals surface area contributed by atoms with Gasteiger partial charge in [-0.15, -0.1) is 0 Å². The van der Waals surface area contributed by atoms with Gasteiger partial charge in [0.05, 0.1) is 0 Å². The summed E-state index contributed by atoms with van der Waals surface area (Å²) in [5.74, 6) is 0.353. The number of rotatable bonds is 5. The van der Waals surface area contributed by atoms with Crippen molar-refractivity contribution in [1.29, 1.82) is 5.41 Å². The molecule has 0 aliphatic heterocycles. The summed E-state index contributed by atoms with van der Waals surface area (Å²) in [7, 11) is 4.08. The summed E-state index contributed by atoms with van der Waals surface area (Å²) in [6, 6.07) is 8.45. The van der Waals surface area contributed by atoms with E-state index in [9.17, 15) is 0 Å². The molecule has 0 unspecified atom stereocenters. The van der Waals surface area contributed by atoms with E-state index >= 15 is 0 Å². The van der Waals surface area contributed by atoms with Gasteiger partial charge in [-0.05, 0) is 46.5 Å². The van der Waals surface area contributed by atoms with Crippen LogP contribution in [0.4, 0.5) is 5.69 Å². The van der Waals surface area contributed by atoms with Crippen molar-refractivity contribution >= 4 is 23.0 Å². The average molecular weight is 302 g/mol. The normalized spacial score (nSPS) is 10.2. The lowest BCUT2D eigenvalue weighted by Crippen LogP contribution is -2.35. The van der Waals surface area contributed by atoms with Gasteiger partial charge in [-0.25, -0.2) is 0 Å². The fourth-order valence-corrected chi connectivity index (χ4v) is 2.74. The quantitative estimate of drug-likeness (QED) is 0.588. The van der Waals surface area contributed by atoms with Crippen molar-refractivity contribution < 1.29 is 0 Å². The molecule has 2 rings (SSSR count). The molecular formula is C16H22N4S. The summed E-state index contributed by atoms with van der Waals surface area (Å²) < 4.78 is 0. The predicted molar refractivity (Wildman–Crippen MR) is 91.2 cm³/mol. The minimum atomic E-state index is 0.353. The number of guanidine groups is 1. The van der Waals surface area contributed by atoms with Crippen LogP contribution in [0.15, 0.2) is 35.0 Å². The molecule has 0 spiro atoms. The van der Waals surface area contributed by atoms with E-state index in [2.05, 4.69) is 52.1 Å². The molecule has 112 valence electrons. The number of benzene rings is 1. The molecule has 0 bridgehead atoms. The van der Waals surface area contributed by atoms with E-state index in [1.54, 1.807) is 11.3 Å². The maximum atomic E-state index is 7.93. The molecule has 0 saturated heterocycles. The Hall–Kier alpha value is -2.01. The maximum Gasteiger partial charge on any atom is 0.188 e.